The number of fused-ring (bicyclic) bond motifs is 2. The minimum Gasteiger partial charge on any atom is -0.384 e. The zero-order valence-corrected chi connectivity index (χ0v) is 12.3. The van der Waals surface area contributed by atoms with Crippen LogP contribution >= 0.6 is 0 Å². The summed E-state index contributed by atoms with van der Waals surface area (Å²) in [6, 6.07) is 21.1. The first kappa shape index (κ1) is 13.1. The lowest BCUT2D eigenvalue weighted by Gasteiger charge is -2.17. The van der Waals surface area contributed by atoms with Gasteiger partial charge in [0, 0.05) is 24.2 Å². The van der Waals surface area contributed by atoms with Gasteiger partial charge in [0.15, 0.2) is 5.78 Å². The molecule has 4 rings (SSSR count). The van der Waals surface area contributed by atoms with Crippen LogP contribution in [0.15, 0.2) is 60.7 Å². The molecule has 1 N–H and O–H groups in total. The minimum atomic E-state index is 0.245. The van der Waals surface area contributed by atoms with E-state index in [1.165, 1.54) is 21.9 Å². The maximum atomic E-state index is 12.0. The maximum absolute atomic E-state index is 12.0. The number of hydrogen-bond acceptors (Lipinski definition) is 2. The van der Waals surface area contributed by atoms with Gasteiger partial charge < -0.3 is 5.32 Å². The standard InChI is InChI=1S/C20H17NO/c22-20-9-10-21-19-8-6-15(13-18(19)20)11-14-5-7-16-3-1-2-4-17(16)12-14/h1-8,12-13,21H,9-11H2. The van der Waals surface area contributed by atoms with Crippen molar-refractivity contribution in [1.29, 1.82) is 0 Å². The van der Waals surface area contributed by atoms with Gasteiger partial charge in [0.25, 0.3) is 0 Å². The molecule has 0 spiro atoms. The highest BCUT2D eigenvalue weighted by molar-refractivity contribution is 6.03. The van der Waals surface area contributed by atoms with Gasteiger partial charge in [-0.05, 0) is 40.5 Å². The summed E-state index contributed by atoms with van der Waals surface area (Å²) in [5.74, 6) is 0.245. The van der Waals surface area contributed by atoms with Crippen LogP contribution in [0.25, 0.3) is 10.8 Å². The number of rotatable bonds is 2. The van der Waals surface area contributed by atoms with E-state index in [9.17, 15) is 4.79 Å². The molecular weight excluding hydrogens is 270 g/mol. The van der Waals surface area contributed by atoms with E-state index >= 15 is 0 Å². The third-order valence-corrected chi connectivity index (χ3v) is 4.27. The molecule has 0 saturated heterocycles. The molecule has 0 bridgehead atoms. The maximum Gasteiger partial charge on any atom is 0.166 e. The van der Waals surface area contributed by atoms with Crippen LogP contribution in [0.5, 0.6) is 0 Å². The normalized spacial score (nSPS) is 13.7. The number of ketones is 1. The predicted molar refractivity (Wildman–Crippen MR) is 90.6 cm³/mol. The summed E-state index contributed by atoms with van der Waals surface area (Å²) in [7, 11) is 0. The lowest BCUT2D eigenvalue weighted by Crippen LogP contribution is -2.18. The van der Waals surface area contributed by atoms with Crippen molar-refractivity contribution >= 4 is 22.2 Å². The molecule has 0 aromatic heterocycles. The number of carbonyl (C=O) groups is 1. The van der Waals surface area contributed by atoms with Crippen LogP contribution in [-0.2, 0) is 6.42 Å². The van der Waals surface area contributed by atoms with Gasteiger partial charge in [0.1, 0.15) is 0 Å². The molecule has 0 amide bonds. The summed E-state index contributed by atoms with van der Waals surface area (Å²) >= 11 is 0. The summed E-state index contributed by atoms with van der Waals surface area (Å²) in [5, 5.41) is 5.81. The Bertz CT molecular complexity index is 866. The van der Waals surface area contributed by atoms with Crippen LogP contribution in [0, 0.1) is 0 Å². The highest BCUT2D eigenvalue weighted by Gasteiger charge is 2.16. The van der Waals surface area contributed by atoms with Crippen molar-refractivity contribution < 1.29 is 4.79 Å². The molecule has 1 aliphatic rings. The van der Waals surface area contributed by atoms with E-state index in [1.807, 2.05) is 12.1 Å². The monoisotopic (exact) mass is 287 g/mol. The smallest absolute Gasteiger partial charge is 0.166 e. The van der Waals surface area contributed by atoms with Crippen LogP contribution in [0.4, 0.5) is 5.69 Å². The quantitative estimate of drug-likeness (QED) is 0.755. The molecule has 0 aliphatic carbocycles. The Morgan fingerprint density at radius 3 is 2.55 bits per heavy atom. The molecule has 2 nitrogen and oxygen atoms in total. The van der Waals surface area contributed by atoms with E-state index in [2.05, 4.69) is 53.8 Å². The molecule has 2 heteroatoms. The van der Waals surface area contributed by atoms with E-state index < -0.39 is 0 Å². The summed E-state index contributed by atoms with van der Waals surface area (Å²) in [6.45, 7) is 0.746. The fraction of sp³-hybridized carbons (Fsp3) is 0.150. The summed E-state index contributed by atoms with van der Waals surface area (Å²) < 4.78 is 0. The third kappa shape index (κ3) is 2.37. The van der Waals surface area contributed by atoms with Crippen molar-refractivity contribution in [2.24, 2.45) is 0 Å². The molecule has 3 aromatic carbocycles. The molecule has 22 heavy (non-hydrogen) atoms. The third-order valence-electron chi connectivity index (χ3n) is 4.27. The first-order chi connectivity index (χ1) is 10.8. The molecule has 0 fully saturated rings. The van der Waals surface area contributed by atoms with Crippen LogP contribution in [0.3, 0.4) is 0 Å². The van der Waals surface area contributed by atoms with Crippen LogP contribution in [0.1, 0.15) is 27.9 Å². The lowest BCUT2D eigenvalue weighted by molar-refractivity contribution is 0.0983. The molecular formula is C20H17NO. The van der Waals surface area contributed by atoms with Crippen LogP contribution in [0.2, 0.25) is 0 Å². The number of anilines is 1. The number of carbonyl (C=O) groups excluding carboxylic acids is 1. The average molecular weight is 287 g/mol. The van der Waals surface area contributed by atoms with Gasteiger partial charge in [0.05, 0.1) is 0 Å². The van der Waals surface area contributed by atoms with E-state index in [4.69, 9.17) is 0 Å². The fourth-order valence-electron chi connectivity index (χ4n) is 3.12. The Morgan fingerprint density at radius 1 is 0.864 bits per heavy atom. The van der Waals surface area contributed by atoms with Gasteiger partial charge in [-0.15, -0.1) is 0 Å². The topological polar surface area (TPSA) is 29.1 Å². The predicted octanol–water partition coefficient (Wildman–Crippen LogP) is 4.43. The van der Waals surface area contributed by atoms with Crippen molar-refractivity contribution in [1.82, 2.24) is 0 Å². The van der Waals surface area contributed by atoms with E-state index in [-0.39, 0.29) is 5.78 Å². The molecule has 0 saturated carbocycles. The molecule has 0 radical (unpaired) electrons. The minimum absolute atomic E-state index is 0.245. The zero-order valence-electron chi connectivity index (χ0n) is 12.3. The molecule has 108 valence electrons. The van der Waals surface area contributed by atoms with Crippen molar-refractivity contribution in [3.63, 3.8) is 0 Å². The van der Waals surface area contributed by atoms with Gasteiger partial charge in [-0.25, -0.2) is 0 Å². The van der Waals surface area contributed by atoms with Crippen LogP contribution < -0.4 is 5.32 Å². The largest absolute Gasteiger partial charge is 0.384 e. The Balaban J connectivity index is 1.67. The molecule has 1 heterocycles. The molecule has 3 aromatic rings. The highest BCUT2D eigenvalue weighted by Crippen LogP contribution is 2.25. The first-order valence-corrected chi connectivity index (χ1v) is 7.67. The van der Waals surface area contributed by atoms with Crippen molar-refractivity contribution in [2.45, 2.75) is 12.8 Å². The second-order valence-electron chi connectivity index (χ2n) is 5.84. The van der Waals surface area contributed by atoms with Crippen molar-refractivity contribution in [2.75, 3.05) is 11.9 Å². The second-order valence-corrected chi connectivity index (χ2v) is 5.84. The second kappa shape index (κ2) is 5.30. The van der Waals surface area contributed by atoms with Crippen molar-refractivity contribution in [3.05, 3.63) is 77.4 Å². The molecule has 0 atom stereocenters. The van der Waals surface area contributed by atoms with Gasteiger partial charge >= 0.3 is 0 Å². The Hall–Kier alpha value is -2.61. The van der Waals surface area contributed by atoms with Gasteiger partial charge in [0.2, 0.25) is 0 Å². The Kier molecular flexibility index (Phi) is 3.15. The van der Waals surface area contributed by atoms with E-state index in [0.717, 1.165) is 24.2 Å². The first-order valence-electron chi connectivity index (χ1n) is 7.67. The number of benzene rings is 3. The SMILES string of the molecule is O=C1CCNc2ccc(Cc3ccc4ccccc4c3)cc21. The molecule has 1 aliphatic heterocycles. The highest BCUT2D eigenvalue weighted by atomic mass is 16.1. The summed E-state index contributed by atoms with van der Waals surface area (Å²) in [6.07, 6.45) is 1.44. The average Bonchev–Trinajstić information content (AvgIpc) is 2.56. The van der Waals surface area contributed by atoms with E-state index in [0.29, 0.717) is 6.42 Å². The zero-order chi connectivity index (χ0) is 14.9. The number of nitrogens with one attached hydrogen (secondary N) is 1. The number of Topliss-reactive ketones (excluding diaryl/α,β-unsaturated/α-hetero) is 1. The van der Waals surface area contributed by atoms with Crippen LogP contribution in [-0.4, -0.2) is 12.3 Å². The summed E-state index contributed by atoms with van der Waals surface area (Å²) in [5.41, 5.74) is 4.27. The lowest BCUT2D eigenvalue weighted by atomic mass is 9.96. The van der Waals surface area contributed by atoms with E-state index in [1.54, 1.807) is 0 Å². The fourth-order valence-corrected chi connectivity index (χ4v) is 3.12. The summed E-state index contributed by atoms with van der Waals surface area (Å²) in [4.78, 5) is 12.0. The Labute approximate surface area is 129 Å². The van der Waals surface area contributed by atoms with Gasteiger partial charge in [-0.3, -0.25) is 4.79 Å². The Morgan fingerprint density at radius 2 is 1.64 bits per heavy atom. The molecule has 0 unspecified atom stereocenters. The van der Waals surface area contributed by atoms with Crippen molar-refractivity contribution in [3.8, 4) is 0 Å². The van der Waals surface area contributed by atoms with Gasteiger partial charge in [-0.2, -0.15) is 0 Å². The number of hydrogen-bond donors (Lipinski definition) is 1. The van der Waals surface area contributed by atoms with Gasteiger partial charge in [-0.1, -0.05) is 48.5 Å².